The van der Waals surface area contributed by atoms with Crippen molar-refractivity contribution in [3.8, 4) is 5.75 Å². The van der Waals surface area contributed by atoms with E-state index in [-0.39, 0.29) is 5.76 Å². The van der Waals surface area contributed by atoms with Crippen LogP contribution in [0.5, 0.6) is 5.75 Å². The number of nitrogens with zero attached hydrogens (tertiary/aromatic N) is 2. The topological polar surface area (TPSA) is 76.7 Å². The van der Waals surface area contributed by atoms with Crippen molar-refractivity contribution in [2.75, 3.05) is 5.43 Å². The minimum atomic E-state index is -0.530. The van der Waals surface area contributed by atoms with Crippen LogP contribution < -0.4 is 10.2 Å². The van der Waals surface area contributed by atoms with E-state index >= 15 is 0 Å². The molecule has 0 saturated carbocycles. The number of benzene rings is 1. The van der Waals surface area contributed by atoms with Crippen molar-refractivity contribution < 1.29 is 13.9 Å². The molecular weight excluding hydrogens is 314 g/mol. The van der Waals surface area contributed by atoms with Crippen LogP contribution in [-0.4, -0.2) is 17.2 Å². The second-order valence-corrected chi connectivity index (χ2v) is 5.46. The molecule has 0 radical (unpaired) electrons. The van der Waals surface area contributed by atoms with E-state index in [1.807, 2.05) is 12.3 Å². The van der Waals surface area contributed by atoms with Gasteiger partial charge in [-0.15, -0.1) is 11.3 Å². The summed E-state index contributed by atoms with van der Waals surface area (Å²) >= 11 is 1.49. The second kappa shape index (κ2) is 6.89. The molecule has 23 heavy (non-hydrogen) atoms. The summed E-state index contributed by atoms with van der Waals surface area (Å²) in [7, 11) is 0. The fourth-order valence-electron chi connectivity index (χ4n) is 1.74. The van der Waals surface area contributed by atoms with Gasteiger partial charge in [0.15, 0.2) is 0 Å². The van der Waals surface area contributed by atoms with Gasteiger partial charge >= 0.3 is 5.97 Å². The molecule has 0 unspecified atom stereocenters. The zero-order chi connectivity index (χ0) is 16.1. The Bertz CT molecular complexity index is 807. The average Bonchev–Trinajstić information content (AvgIpc) is 3.21. The molecule has 0 spiro atoms. The predicted octanol–water partition coefficient (Wildman–Crippen LogP) is 3.71. The molecule has 7 heteroatoms. The molecule has 1 aromatic carbocycles. The number of carbonyl (C=O) groups is 1. The Morgan fingerprint density at radius 2 is 2.17 bits per heavy atom. The van der Waals surface area contributed by atoms with Gasteiger partial charge in [-0.2, -0.15) is 5.10 Å². The molecular formula is C16H13N3O3S. The van der Waals surface area contributed by atoms with Gasteiger partial charge in [0.25, 0.3) is 0 Å². The lowest BCUT2D eigenvalue weighted by atomic mass is 10.2. The number of ether oxygens (including phenoxy) is 1. The monoisotopic (exact) mass is 327 g/mol. The van der Waals surface area contributed by atoms with Gasteiger partial charge in [-0.25, -0.2) is 9.78 Å². The zero-order valence-electron chi connectivity index (χ0n) is 12.2. The predicted molar refractivity (Wildman–Crippen MR) is 88.2 cm³/mol. The van der Waals surface area contributed by atoms with Gasteiger partial charge in [0.05, 0.1) is 18.2 Å². The first-order valence-corrected chi connectivity index (χ1v) is 7.65. The number of aromatic nitrogens is 1. The maximum atomic E-state index is 11.7. The van der Waals surface area contributed by atoms with Crippen LogP contribution in [-0.2, 0) is 0 Å². The van der Waals surface area contributed by atoms with Crippen LogP contribution in [0.3, 0.4) is 0 Å². The highest BCUT2D eigenvalue weighted by atomic mass is 32.1. The van der Waals surface area contributed by atoms with Crippen LogP contribution in [0.2, 0.25) is 0 Å². The van der Waals surface area contributed by atoms with Crippen molar-refractivity contribution in [1.82, 2.24) is 4.98 Å². The van der Waals surface area contributed by atoms with Crippen LogP contribution in [0.1, 0.15) is 21.8 Å². The molecule has 6 nitrogen and oxygen atoms in total. The molecule has 2 heterocycles. The number of furan rings is 1. The third-order valence-corrected chi connectivity index (χ3v) is 3.67. The Balaban J connectivity index is 1.57. The largest absolute Gasteiger partial charge is 0.457 e. The minimum absolute atomic E-state index is 0.165. The van der Waals surface area contributed by atoms with Crippen LogP contribution in [0, 0.1) is 6.92 Å². The van der Waals surface area contributed by atoms with E-state index in [0.717, 1.165) is 16.4 Å². The number of hydrogen-bond acceptors (Lipinski definition) is 7. The molecule has 3 aromatic rings. The SMILES string of the molecule is Cc1csc(N/N=C/c2ccc(OC(=O)c3ccco3)cc2)n1. The molecule has 0 aliphatic rings. The van der Waals surface area contributed by atoms with Crippen molar-refractivity contribution in [3.05, 3.63) is 65.1 Å². The highest BCUT2D eigenvalue weighted by molar-refractivity contribution is 7.13. The summed E-state index contributed by atoms with van der Waals surface area (Å²) in [5, 5.41) is 6.79. The van der Waals surface area contributed by atoms with Crippen molar-refractivity contribution in [1.29, 1.82) is 0 Å². The molecule has 0 atom stereocenters. The molecule has 116 valence electrons. The summed E-state index contributed by atoms with van der Waals surface area (Å²) in [5.74, 6) is 0.0721. The maximum absolute atomic E-state index is 11.7. The summed E-state index contributed by atoms with van der Waals surface area (Å²) in [5.41, 5.74) is 4.68. The van der Waals surface area contributed by atoms with E-state index < -0.39 is 5.97 Å². The lowest BCUT2D eigenvalue weighted by molar-refractivity contribution is 0.0701. The molecule has 0 aliphatic carbocycles. The number of nitrogens with one attached hydrogen (secondary N) is 1. The number of carbonyl (C=O) groups excluding carboxylic acids is 1. The van der Waals surface area contributed by atoms with Gasteiger partial charge in [0.2, 0.25) is 10.9 Å². The summed E-state index contributed by atoms with van der Waals surface area (Å²) in [6.07, 6.45) is 3.09. The Morgan fingerprint density at radius 3 is 2.83 bits per heavy atom. The molecule has 0 amide bonds. The summed E-state index contributed by atoms with van der Waals surface area (Å²) in [6.45, 7) is 1.92. The normalized spacial score (nSPS) is 10.8. The lowest BCUT2D eigenvalue weighted by Crippen LogP contribution is -2.07. The van der Waals surface area contributed by atoms with E-state index in [4.69, 9.17) is 9.15 Å². The molecule has 0 bridgehead atoms. The number of hydrogen-bond donors (Lipinski definition) is 1. The van der Waals surface area contributed by atoms with E-state index in [0.29, 0.717) is 5.75 Å². The third kappa shape index (κ3) is 4.04. The van der Waals surface area contributed by atoms with E-state index in [1.165, 1.54) is 17.6 Å². The fraction of sp³-hybridized carbons (Fsp3) is 0.0625. The van der Waals surface area contributed by atoms with Crippen LogP contribution >= 0.6 is 11.3 Å². The highest BCUT2D eigenvalue weighted by Gasteiger charge is 2.10. The number of hydrazone groups is 1. The Labute approximate surface area is 136 Å². The third-order valence-electron chi connectivity index (χ3n) is 2.81. The van der Waals surface area contributed by atoms with Crippen LogP contribution in [0.25, 0.3) is 0 Å². The Morgan fingerprint density at radius 1 is 1.35 bits per heavy atom. The highest BCUT2D eigenvalue weighted by Crippen LogP contribution is 2.15. The molecule has 0 aliphatic heterocycles. The first kappa shape index (κ1) is 15.0. The van der Waals surface area contributed by atoms with Crippen molar-refractivity contribution in [2.24, 2.45) is 5.10 Å². The summed E-state index contributed by atoms with van der Waals surface area (Å²) < 4.78 is 10.2. The van der Waals surface area contributed by atoms with Gasteiger partial charge in [0, 0.05) is 5.38 Å². The Hall–Kier alpha value is -2.93. The maximum Gasteiger partial charge on any atom is 0.379 e. The smallest absolute Gasteiger partial charge is 0.379 e. The van der Waals surface area contributed by atoms with Crippen LogP contribution in [0.4, 0.5) is 5.13 Å². The van der Waals surface area contributed by atoms with Gasteiger partial charge in [0.1, 0.15) is 5.75 Å². The van der Waals surface area contributed by atoms with Gasteiger partial charge in [-0.3, -0.25) is 5.43 Å². The molecule has 3 rings (SSSR count). The van der Waals surface area contributed by atoms with Gasteiger partial charge in [-0.05, 0) is 48.9 Å². The minimum Gasteiger partial charge on any atom is -0.457 e. The lowest BCUT2D eigenvalue weighted by Gasteiger charge is -2.02. The number of anilines is 1. The average molecular weight is 327 g/mol. The molecule has 0 saturated heterocycles. The molecule has 2 aromatic heterocycles. The van der Waals surface area contributed by atoms with Gasteiger partial charge in [-0.1, -0.05) is 0 Å². The number of aryl methyl sites for hydroxylation is 1. The number of esters is 1. The summed E-state index contributed by atoms with van der Waals surface area (Å²) in [6, 6.07) is 10.2. The first-order chi connectivity index (χ1) is 11.2. The zero-order valence-corrected chi connectivity index (χ0v) is 13.0. The molecule has 1 N–H and O–H groups in total. The summed E-state index contributed by atoms with van der Waals surface area (Å²) in [4.78, 5) is 16.0. The number of rotatable bonds is 5. The van der Waals surface area contributed by atoms with Crippen molar-refractivity contribution >= 4 is 28.7 Å². The second-order valence-electron chi connectivity index (χ2n) is 4.60. The quantitative estimate of drug-likeness (QED) is 0.334. The Kier molecular flexibility index (Phi) is 4.49. The standard InChI is InChI=1S/C16H13N3O3S/c1-11-10-23-16(18-11)19-17-9-12-4-6-13(7-5-12)22-15(20)14-3-2-8-21-14/h2-10H,1H3,(H,18,19)/b17-9+. The van der Waals surface area contributed by atoms with Gasteiger partial charge < -0.3 is 9.15 Å². The van der Waals surface area contributed by atoms with Crippen molar-refractivity contribution in [2.45, 2.75) is 6.92 Å². The number of thiazole rings is 1. The van der Waals surface area contributed by atoms with Crippen molar-refractivity contribution in [3.63, 3.8) is 0 Å². The molecule has 0 fully saturated rings. The van der Waals surface area contributed by atoms with E-state index in [2.05, 4.69) is 15.5 Å². The van der Waals surface area contributed by atoms with Crippen LogP contribution in [0.15, 0.2) is 57.6 Å². The van der Waals surface area contributed by atoms with E-state index in [1.54, 1.807) is 42.6 Å². The van der Waals surface area contributed by atoms with E-state index in [9.17, 15) is 4.79 Å². The fourth-order valence-corrected chi connectivity index (χ4v) is 2.38. The first-order valence-electron chi connectivity index (χ1n) is 6.78.